The zero-order valence-corrected chi connectivity index (χ0v) is 11.7. The predicted octanol–water partition coefficient (Wildman–Crippen LogP) is 2.22. The van der Waals surface area contributed by atoms with Gasteiger partial charge in [0, 0.05) is 12.7 Å². The molecule has 2 heterocycles. The number of nitrogens with two attached hydrogens (primary N) is 1. The van der Waals surface area contributed by atoms with Crippen LogP contribution >= 0.6 is 0 Å². The Balaban J connectivity index is 1.77. The molecule has 1 aliphatic heterocycles. The standard InChI is InChI=1S/C14H26N4/c1-12(2)13-4-3-7-17(8-5-13)10-11-18-9-6-14(15)16-18/h6,9,12-13H,3-5,7-8,10-11H2,1-2H3,(H2,15,16). The van der Waals surface area contributed by atoms with E-state index in [9.17, 15) is 0 Å². The maximum Gasteiger partial charge on any atom is 0.145 e. The molecular weight excluding hydrogens is 224 g/mol. The van der Waals surface area contributed by atoms with E-state index in [1.807, 2.05) is 16.9 Å². The molecule has 0 aromatic carbocycles. The third-order valence-electron chi connectivity index (χ3n) is 4.11. The molecule has 1 unspecified atom stereocenters. The van der Waals surface area contributed by atoms with Gasteiger partial charge in [-0.3, -0.25) is 4.68 Å². The highest BCUT2D eigenvalue weighted by atomic mass is 15.3. The lowest BCUT2D eigenvalue weighted by Crippen LogP contribution is -2.29. The second-order valence-electron chi connectivity index (χ2n) is 5.78. The molecule has 0 aliphatic carbocycles. The summed E-state index contributed by atoms with van der Waals surface area (Å²) in [6.45, 7) is 9.22. The van der Waals surface area contributed by atoms with Gasteiger partial charge < -0.3 is 10.6 Å². The lowest BCUT2D eigenvalue weighted by molar-refractivity contribution is 0.258. The summed E-state index contributed by atoms with van der Waals surface area (Å²) in [4.78, 5) is 2.57. The smallest absolute Gasteiger partial charge is 0.145 e. The molecule has 0 saturated carbocycles. The van der Waals surface area contributed by atoms with Crippen LogP contribution < -0.4 is 5.73 Å². The molecule has 1 aliphatic rings. The number of likely N-dealkylation sites (tertiary alicyclic amines) is 1. The van der Waals surface area contributed by atoms with Crippen molar-refractivity contribution in [2.45, 2.75) is 39.7 Å². The van der Waals surface area contributed by atoms with Gasteiger partial charge in [-0.2, -0.15) is 5.10 Å². The van der Waals surface area contributed by atoms with Gasteiger partial charge >= 0.3 is 0 Å². The van der Waals surface area contributed by atoms with Crippen molar-refractivity contribution in [3.63, 3.8) is 0 Å². The highest BCUT2D eigenvalue weighted by Crippen LogP contribution is 2.24. The second kappa shape index (κ2) is 6.23. The van der Waals surface area contributed by atoms with Crippen LogP contribution in [0.25, 0.3) is 0 Å². The van der Waals surface area contributed by atoms with Crippen LogP contribution in [0.1, 0.15) is 33.1 Å². The van der Waals surface area contributed by atoms with E-state index in [2.05, 4.69) is 23.8 Å². The maximum absolute atomic E-state index is 5.62. The lowest BCUT2D eigenvalue weighted by atomic mass is 9.89. The molecule has 4 nitrogen and oxygen atoms in total. The molecule has 1 aromatic rings. The second-order valence-corrected chi connectivity index (χ2v) is 5.78. The topological polar surface area (TPSA) is 47.1 Å². The van der Waals surface area contributed by atoms with Crippen molar-refractivity contribution in [2.75, 3.05) is 25.4 Å². The molecule has 1 fully saturated rings. The van der Waals surface area contributed by atoms with Crippen molar-refractivity contribution in [1.29, 1.82) is 0 Å². The number of hydrogen-bond donors (Lipinski definition) is 1. The average molecular weight is 250 g/mol. The van der Waals surface area contributed by atoms with E-state index >= 15 is 0 Å². The van der Waals surface area contributed by atoms with E-state index in [4.69, 9.17) is 5.73 Å². The van der Waals surface area contributed by atoms with Crippen molar-refractivity contribution >= 4 is 5.82 Å². The van der Waals surface area contributed by atoms with Gasteiger partial charge in [-0.05, 0) is 50.3 Å². The van der Waals surface area contributed by atoms with Gasteiger partial charge in [0.2, 0.25) is 0 Å². The van der Waals surface area contributed by atoms with E-state index in [0.29, 0.717) is 5.82 Å². The summed E-state index contributed by atoms with van der Waals surface area (Å²) in [7, 11) is 0. The van der Waals surface area contributed by atoms with Gasteiger partial charge in [0.15, 0.2) is 0 Å². The van der Waals surface area contributed by atoms with Crippen molar-refractivity contribution in [3.05, 3.63) is 12.3 Å². The molecule has 18 heavy (non-hydrogen) atoms. The zero-order valence-electron chi connectivity index (χ0n) is 11.7. The third-order valence-corrected chi connectivity index (χ3v) is 4.11. The van der Waals surface area contributed by atoms with Crippen molar-refractivity contribution in [2.24, 2.45) is 11.8 Å². The number of aromatic nitrogens is 2. The number of anilines is 1. The molecule has 1 saturated heterocycles. The molecule has 102 valence electrons. The summed E-state index contributed by atoms with van der Waals surface area (Å²) >= 11 is 0. The zero-order chi connectivity index (χ0) is 13.0. The molecular formula is C14H26N4. The Morgan fingerprint density at radius 2 is 2.17 bits per heavy atom. The molecule has 0 radical (unpaired) electrons. The van der Waals surface area contributed by atoms with Gasteiger partial charge in [0.25, 0.3) is 0 Å². The number of nitrogen functional groups attached to an aromatic ring is 1. The van der Waals surface area contributed by atoms with Crippen LogP contribution in [0.15, 0.2) is 12.3 Å². The lowest BCUT2D eigenvalue weighted by Gasteiger charge is -2.21. The largest absolute Gasteiger partial charge is 0.382 e. The molecule has 0 spiro atoms. The van der Waals surface area contributed by atoms with Crippen molar-refractivity contribution < 1.29 is 0 Å². The summed E-state index contributed by atoms with van der Waals surface area (Å²) in [5, 5.41) is 4.23. The number of nitrogens with zero attached hydrogens (tertiary/aromatic N) is 3. The first-order valence-electron chi connectivity index (χ1n) is 7.16. The minimum absolute atomic E-state index is 0.616. The number of rotatable bonds is 4. The fourth-order valence-corrected chi connectivity index (χ4v) is 2.82. The van der Waals surface area contributed by atoms with Crippen LogP contribution in [0.4, 0.5) is 5.82 Å². The quantitative estimate of drug-likeness (QED) is 0.891. The summed E-state index contributed by atoms with van der Waals surface area (Å²) in [6, 6.07) is 1.86. The molecule has 2 rings (SSSR count). The molecule has 0 amide bonds. The minimum Gasteiger partial charge on any atom is -0.382 e. The first-order valence-corrected chi connectivity index (χ1v) is 7.16. The first kappa shape index (κ1) is 13.4. The Morgan fingerprint density at radius 3 is 2.83 bits per heavy atom. The Hall–Kier alpha value is -1.03. The molecule has 2 N–H and O–H groups in total. The van der Waals surface area contributed by atoms with Crippen molar-refractivity contribution in [3.8, 4) is 0 Å². The summed E-state index contributed by atoms with van der Waals surface area (Å²) in [6.07, 6.45) is 6.04. The SMILES string of the molecule is CC(C)C1CCCN(CCn2ccc(N)n2)CC1. The Morgan fingerprint density at radius 1 is 1.33 bits per heavy atom. The van der Waals surface area contributed by atoms with E-state index in [0.717, 1.165) is 24.9 Å². The summed E-state index contributed by atoms with van der Waals surface area (Å²) in [5.41, 5.74) is 5.62. The Labute approximate surface area is 110 Å². The first-order chi connectivity index (χ1) is 8.65. The van der Waals surface area contributed by atoms with Crippen molar-refractivity contribution in [1.82, 2.24) is 14.7 Å². The maximum atomic E-state index is 5.62. The Bertz CT molecular complexity index is 358. The van der Waals surface area contributed by atoms with Crippen LogP contribution in [0.3, 0.4) is 0 Å². The van der Waals surface area contributed by atoms with Gasteiger partial charge in [-0.15, -0.1) is 0 Å². The minimum atomic E-state index is 0.616. The van der Waals surface area contributed by atoms with Crippen LogP contribution in [0.2, 0.25) is 0 Å². The monoisotopic (exact) mass is 250 g/mol. The highest BCUT2D eigenvalue weighted by Gasteiger charge is 2.19. The highest BCUT2D eigenvalue weighted by molar-refractivity contribution is 5.23. The van der Waals surface area contributed by atoms with Crippen LogP contribution in [0, 0.1) is 11.8 Å². The fourth-order valence-electron chi connectivity index (χ4n) is 2.82. The normalized spacial score (nSPS) is 22.3. The molecule has 1 aromatic heterocycles. The fraction of sp³-hybridized carbons (Fsp3) is 0.786. The third kappa shape index (κ3) is 3.73. The van der Waals surface area contributed by atoms with Crippen LogP contribution in [-0.4, -0.2) is 34.3 Å². The van der Waals surface area contributed by atoms with Gasteiger partial charge in [0.1, 0.15) is 5.82 Å². The van der Waals surface area contributed by atoms with Gasteiger partial charge in [-0.25, -0.2) is 0 Å². The van der Waals surface area contributed by atoms with Crippen LogP contribution in [0.5, 0.6) is 0 Å². The van der Waals surface area contributed by atoms with Gasteiger partial charge in [-0.1, -0.05) is 13.8 Å². The average Bonchev–Trinajstić information content (AvgIpc) is 2.62. The predicted molar refractivity (Wildman–Crippen MR) is 75.3 cm³/mol. The molecule has 0 bridgehead atoms. The van der Waals surface area contributed by atoms with E-state index in [1.54, 1.807) is 0 Å². The van der Waals surface area contributed by atoms with Gasteiger partial charge in [0.05, 0.1) is 6.54 Å². The van der Waals surface area contributed by atoms with E-state index < -0.39 is 0 Å². The van der Waals surface area contributed by atoms with E-state index in [-0.39, 0.29) is 0 Å². The summed E-state index contributed by atoms with van der Waals surface area (Å²) < 4.78 is 1.94. The van der Waals surface area contributed by atoms with Crippen LogP contribution in [-0.2, 0) is 6.54 Å². The molecule has 1 atom stereocenters. The van der Waals surface area contributed by atoms with E-state index in [1.165, 1.54) is 32.4 Å². The number of hydrogen-bond acceptors (Lipinski definition) is 3. The Kier molecular flexibility index (Phi) is 4.64. The molecule has 4 heteroatoms. The summed E-state index contributed by atoms with van der Waals surface area (Å²) in [5.74, 6) is 2.36.